The molecule has 3 N–H and O–H groups in total. The summed E-state index contributed by atoms with van der Waals surface area (Å²) in [5.41, 5.74) is 0.388. The minimum Gasteiger partial charge on any atom is -0.484 e. The zero-order valence-corrected chi connectivity index (χ0v) is 25.8. The van der Waals surface area contributed by atoms with E-state index in [0.717, 1.165) is 16.3 Å². The van der Waals surface area contributed by atoms with Crippen LogP contribution in [0.5, 0.6) is 5.75 Å². The van der Waals surface area contributed by atoms with E-state index < -0.39 is 35.1 Å². The number of nitrogens with one attached hydrogen (secondary N) is 2. The first kappa shape index (κ1) is 30.5. The summed E-state index contributed by atoms with van der Waals surface area (Å²) in [5, 5.41) is 28.8. The smallest absolute Gasteiger partial charge is 0.352 e. The average molecular weight is 662 g/mol. The van der Waals surface area contributed by atoms with E-state index in [1.54, 1.807) is 24.3 Å². The summed E-state index contributed by atoms with van der Waals surface area (Å²) >= 11 is 5.17. The molecule has 0 unspecified atom stereocenters. The second kappa shape index (κ2) is 13.5. The minimum atomic E-state index is -1.22. The zero-order chi connectivity index (χ0) is 30.5. The van der Waals surface area contributed by atoms with Gasteiger partial charge in [0.25, 0.3) is 17.7 Å². The Labute approximate surface area is 260 Å². The van der Waals surface area contributed by atoms with Crippen LogP contribution in [0.1, 0.15) is 10.7 Å². The van der Waals surface area contributed by atoms with Crippen molar-refractivity contribution in [3.05, 3.63) is 57.7 Å². The number of para-hydroxylation sites is 1. The van der Waals surface area contributed by atoms with E-state index in [-0.39, 0.29) is 28.8 Å². The van der Waals surface area contributed by atoms with Crippen molar-refractivity contribution < 1.29 is 33.9 Å². The van der Waals surface area contributed by atoms with Crippen LogP contribution in [0.2, 0.25) is 0 Å². The van der Waals surface area contributed by atoms with Crippen LogP contribution in [0.4, 0.5) is 5.13 Å². The number of oxime groups is 1. The third-order valence-electron chi connectivity index (χ3n) is 5.92. The fourth-order valence-electron chi connectivity index (χ4n) is 4.05. The maximum atomic E-state index is 13.2. The lowest BCUT2D eigenvalue weighted by atomic mass is 10.0. The molecule has 0 aliphatic carbocycles. The highest BCUT2D eigenvalue weighted by atomic mass is 32.2. The number of carbonyl (C=O) groups excluding carboxylic acids is 3. The number of hydrogen-bond donors (Lipinski definition) is 3. The fraction of sp³-hybridized carbons (Fsp3) is 0.280. The molecule has 2 aliphatic rings. The number of thiazole rings is 1. The number of fused-ring (bicyclic) bond motifs is 1. The van der Waals surface area contributed by atoms with Crippen molar-refractivity contribution in [3.63, 3.8) is 0 Å². The van der Waals surface area contributed by atoms with Gasteiger partial charge in [-0.15, -0.1) is 33.3 Å². The van der Waals surface area contributed by atoms with Gasteiger partial charge >= 0.3 is 5.97 Å². The largest absolute Gasteiger partial charge is 0.484 e. The van der Waals surface area contributed by atoms with Crippen LogP contribution < -0.4 is 15.4 Å². The summed E-state index contributed by atoms with van der Waals surface area (Å²) in [6, 6.07) is 7.85. The Morgan fingerprint density at radius 3 is 2.72 bits per heavy atom. The fourth-order valence-corrected chi connectivity index (χ4v) is 8.06. The number of amides is 3. The van der Waals surface area contributed by atoms with Crippen LogP contribution in [0, 0.1) is 6.92 Å². The second-order valence-electron chi connectivity index (χ2n) is 8.80. The van der Waals surface area contributed by atoms with Crippen LogP contribution in [0.3, 0.4) is 0 Å². The molecule has 1 aromatic carbocycles. The molecule has 1 fully saturated rings. The summed E-state index contributed by atoms with van der Waals surface area (Å²) in [7, 11) is 1.25. The van der Waals surface area contributed by atoms with Gasteiger partial charge in [0.15, 0.2) is 21.8 Å². The van der Waals surface area contributed by atoms with E-state index in [4.69, 9.17) is 9.57 Å². The number of carboxylic acid groups (broad SMARTS) is 1. The minimum absolute atomic E-state index is 0.0881. The third kappa shape index (κ3) is 6.98. The number of anilines is 1. The first-order valence-corrected chi connectivity index (χ1v) is 16.2. The Balaban J connectivity index is 1.21. The molecule has 224 valence electrons. The Hall–Kier alpha value is -4.00. The number of aliphatic carboxylic acids is 1. The van der Waals surface area contributed by atoms with E-state index in [0.29, 0.717) is 27.2 Å². The topological polar surface area (TPSA) is 185 Å². The van der Waals surface area contributed by atoms with Crippen molar-refractivity contribution in [1.82, 2.24) is 25.4 Å². The highest BCUT2D eigenvalue weighted by Crippen LogP contribution is 2.41. The van der Waals surface area contributed by atoms with Crippen molar-refractivity contribution >= 4 is 80.7 Å². The van der Waals surface area contributed by atoms with Gasteiger partial charge in [0.2, 0.25) is 0 Å². The van der Waals surface area contributed by atoms with E-state index in [9.17, 15) is 24.3 Å². The number of nitrogens with zero attached hydrogens (tertiary/aromatic N) is 5. The number of aromatic nitrogens is 3. The van der Waals surface area contributed by atoms with Gasteiger partial charge in [-0.25, -0.2) is 9.78 Å². The summed E-state index contributed by atoms with van der Waals surface area (Å²) in [4.78, 5) is 61.0. The Morgan fingerprint density at radius 2 is 2.02 bits per heavy atom. The van der Waals surface area contributed by atoms with Gasteiger partial charge in [0, 0.05) is 16.9 Å². The third-order valence-corrected chi connectivity index (χ3v) is 10.1. The predicted octanol–water partition coefficient (Wildman–Crippen LogP) is 2.20. The van der Waals surface area contributed by atoms with Crippen LogP contribution in [0.15, 0.2) is 56.5 Å². The molecule has 2 atom stereocenters. The molecular formula is C25H23N7O7S4. The number of hydrogen-bond acceptors (Lipinski definition) is 14. The number of carbonyl (C=O) groups is 4. The van der Waals surface area contributed by atoms with Gasteiger partial charge in [0.05, 0.1) is 0 Å². The lowest BCUT2D eigenvalue weighted by Crippen LogP contribution is -2.71. The van der Waals surface area contributed by atoms with Gasteiger partial charge in [0.1, 0.15) is 40.7 Å². The zero-order valence-electron chi connectivity index (χ0n) is 22.5. The molecule has 14 nitrogen and oxygen atoms in total. The normalized spacial score (nSPS) is 18.0. The number of ether oxygens (including phenoxy) is 1. The van der Waals surface area contributed by atoms with Crippen LogP contribution in [-0.4, -0.2) is 91.2 Å². The van der Waals surface area contributed by atoms with Gasteiger partial charge in [-0.1, -0.05) is 46.5 Å². The molecule has 1 saturated heterocycles. The number of thioether (sulfide) groups is 2. The molecule has 0 radical (unpaired) electrons. The van der Waals surface area contributed by atoms with E-state index in [1.165, 1.54) is 52.3 Å². The first-order valence-electron chi connectivity index (χ1n) is 12.4. The van der Waals surface area contributed by atoms with Gasteiger partial charge in [-0.05, 0) is 24.6 Å². The summed E-state index contributed by atoms with van der Waals surface area (Å²) in [6.07, 6.45) is 0. The van der Waals surface area contributed by atoms with Crippen molar-refractivity contribution in [3.8, 4) is 5.75 Å². The number of carboxylic acids is 1. The standard InChI is InChI=1S/C25H23N7O7S4/c1-12-29-30-25(43-12)42-10-13-9-40-22-18(21(35)32(22)19(13)23(36)37)28-20(34)17(31-38-2)15-11-41-24(26-15)27-16(33)8-39-14-6-4-3-5-7-14/h3-7,11,18,22H,8-10H2,1-2H3,(H,28,34)(H,36,37)(H,26,27,33)/t18-,22+/m1/s1. The van der Waals surface area contributed by atoms with E-state index in [2.05, 4.69) is 31.0 Å². The van der Waals surface area contributed by atoms with Crippen LogP contribution >= 0.6 is 46.2 Å². The molecule has 43 heavy (non-hydrogen) atoms. The molecule has 0 bridgehead atoms. The first-order chi connectivity index (χ1) is 20.7. The maximum absolute atomic E-state index is 13.2. The highest BCUT2D eigenvalue weighted by molar-refractivity contribution is 8.01. The molecular weight excluding hydrogens is 639 g/mol. The number of aryl methyl sites for hydroxylation is 1. The van der Waals surface area contributed by atoms with Crippen LogP contribution in [0.25, 0.3) is 0 Å². The second-order valence-corrected chi connectivity index (χ2v) is 13.2. The molecule has 18 heteroatoms. The maximum Gasteiger partial charge on any atom is 0.352 e. The highest BCUT2D eigenvalue weighted by Gasteiger charge is 2.54. The molecule has 2 aromatic heterocycles. The lowest BCUT2D eigenvalue weighted by Gasteiger charge is -2.49. The summed E-state index contributed by atoms with van der Waals surface area (Å²) in [6.45, 7) is 1.59. The predicted molar refractivity (Wildman–Crippen MR) is 161 cm³/mol. The molecule has 5 rings (SSSR count). The quantitative estimate of drug-likeness (QED) is 0.111. The van der Waals surface area contributed by atoms with Crippen molar-refractivity contribution in [2.75, 3.05) is 30.5 Å². The Morgan fingerprint density at radius 1 is 1.23 bits per heavy atom. The summed E-state index contributed by atoms with van der Waals surface area (Å²) in [5.74, 6) is -1.75. The number of benzene rings is 1. The van der Waals surface area contributed by atoms with E-state index >= 15 is 0 Å². The molecule has 2 aliphatic heterocycles. The Bertz CT molecular complexity index is 1610. The Kier molecular flexibility index (Phi) is 9.59. The number of β-lactam (4-membered cyclic amide) rings is 1. The lowest BCUT2D eigenvalue weighted by molar-refractivity contribution is -0.150. The average Bonchev–Trinajstić information content (AvgIpc) is 3.64. The number of rotatable bonds is 12. The van der Waals surface area contributed by atoms with Gasteiger partial charge in [-0.2, -0.15) is 0 Å². The van der Waals surface area contributed by atoms with Crippen LogP contribution in [-0.2, 0) is 24.0 Å². The monoisotopic (exact) mass is 661 g/mol. The molecule has 4 heterocycles. The van der Waals surface area contributed by atoms with E-state index in [1.807, 2.05) is 13.0 Å². The SMILES string of the molecule is CON=C(C(=O)N[C@@H]1C(=O)N2C(C(=O)O)=C(CSc3nnc(C)s3)CS[C@@H]12)c1csc(NC(=O)COc2ccccc2)n1. The van der Waals surface area contributed by atoms with Crippen molar-refractivity contribution in [1.29, 1.82) is 0 Å². The molecule has 3 aromatic rings. The molecule has 3 amide bonds. The molecule has 0 saturated carbocycles. The van der Waals surface area contributed by atoms with Gasteiger partial charge < -0.3 is 20.0 Å². The molecule has 0 spiro atoms. The summed E-state index contributed by atoms with van der Waals surface area (Å²) < 4.78 is 6.13. The van der Waals surface area contributed by atoms with Crippen molar-refractivity contribution in [2.24, 2.45) is 5.16 Å². The van der Waals surface area contributed by atoms with Crippen molar-refractivity contribution in [2.45, 2.75) is 22.7 Å². The van der Waals surface area contributed by atoms with Gasteiger partial charge in [-0.3, -0.25) is 24.6 Å².